The van der Waals surface area contributed by atoms with E-state index in [4.69, 9.17) is 15.2 Å². The molecule has 0 bridgehead atoms. The molecular formula is C31H48N4O3. The van der Waals surface area contributed by atoms with Gasteiger partial charge in [0, 0.05) is 48.7 Å². The fourth-order valence-corrected chi connectivity index (χ4v) is 4.69. The number of benzene rings is 2. The van der Waals surface area contributed by atoms with Crippen LogP contribution in [-0.4, -0.2) is 89.0 Å². The summed E-state index contributed by atoms with van der Waals surface area (Å²) in [4.78, 5) is 18.8. The molecule has 2 fully saturated rings. The van der Waals surface area contributed by atoms with Crippen molar-refractivity contribution in [1.82, 2.24) is 4.90 Å². The molecule has 210 valence electrons. The highest BCUT2D eigenvalue weighted by molar-refractivity contribution is 6.00. The lowest BCUT2D eigenvalue weighted by atomic mass is 9.87. The minimum atomic E-state index is -0.0887. The summed E-state index contributed by atoms with van der Waals surface area (Å²) in [5.41, 5.74) is 10.9. The van der Waals surface area contributed by atoms with Crippen molar-refractivity contribution in [2.24, 2.45) is 5.73 Å². The molecule has 7 nitrogen and oxygen atoms in total. The molecule has 1 unspecified atom stereocenters. The topological polar surface area (TPSA) is 71.3 Å². The van der Waals surface area contributed by atoms with Crippen molar-refractivity contribution in [3.8, 4) is 0 Å². The molecule has 4 rings (SSSR count). The predicted molar refractivity (Wildman–Crippen MR) is 158 cm³/mol. The molecule has 2 aromatic carbocycles. The Morgan fingerprint density at radius 3 is 1.66 bits per heavy atom. The van der Waals surface area contributed by atoms with Gasteiger partial charge in [0.1, 0.15) is 0 Å². The van der Waals surface area contributed by atoms with E-state index in [0.717, 1.165) is 83.1 Å². The fourth-order valence-electron chi connectivity index (χ4n) is 4.69. The van der Waals surface area contributed by atoms with Gasteiger partial charge in [-0.25, -0.2) is 0 Å². The number of rotatable bonds is 9. The molecule has 0 aromatic heterocycles. The smallest absolute Gasteiger partial charge is 0.179 e. The van der Waals surface area contributed by atoms with E-state index in [-0.39, 0.29) is 17.4 Å². The van der Waals surface area contributed by atoms with Gasteiger partial charge < -0.3 is 25.0 Å². The number of Topliss-reactive ketones (excluding diaryl/α,β-unsaturated/α-hetero) is 1. The van der Waals surface area contributed by atoms with Crippen molar-refractivity contribution in [3.05, 3.63) is 59.7 Å². The van der Waals surface area contributed by atoms with Crippen molar-refractivity contribution in [2.45, 2.75) is 51.6 Å². The van der Waals surface area contributed by atoms with Crippen molar-refractivity contribution in [1.29, 1.82) is 0 Å². The Bertz CT molecular complexity index is 962. The zero-order valence-corrected chi connectivity index (χ0v) is 24.1. The lowest BCUT2D eigenvalue weighted by molar-refractivity contribution is 0.0890. The number of ether oxygens (including phenoxy) is 2. The van der Waals surface area contributed by atoms with Crippen LogP contribution < -0.4 is 15.5 Å². The first-order valence-electron chi connectivity index (χ1n) is 14.1. The Balaban J connectivity index is 0.000000211. The molecule has 0 spiro atoms. The van der Waals surface area contributed by atoms with Gasteiger partial charge >= 0.3 is 0 Å². The van der Waals surface area contributed by atoms with Crippen LogP contribution in [0.15, 0.2) is 48.5 Å². The van der Waals surface area contributed by atoms with Gasteiger partial charge in [0.2, 0.25) is 0 Å². The largest absolute Gasteiger partial charge is 0.378 e. The van der Waals surface area contributed by atoms with E-state index in [1.807, 2.05) is 50.2 Å². The maximum atomic E-state index is 12.2. The average Bonchev–Trinajstić information content (AvgIpc) is 2.98. The van der Waals surface area contributed by atoms with Crippen molar-refractivity contribution >= 4 is 17.2 Å². The van der Waals surface area contributed by atoms with Crippen LogP contribution in [-0.2, 0) is 15.9 Å². The third-order valence-corrected chi connectivity index (χ3v) is 7.96. The molecule has 2 aliphatic rings. The molecule has 0 saturated carbocycles. The van der Waals surface area contributed by atoms with Gasteiger partial charge in [0.25, 0.3) is 0 Å². The van der Waals surface area contributed by atoms with E-state index in [9.17, 15) is 4.79 Å². The van der Waals surface area contributed by atoms with E-state index < -0.39 is 0 Å². The summed E-state index contributed by atoms with van der Waals surface area (Å²) in [6, 6.07) is 16.7. The second-order valence-corrected chi connectivity index (χ2v) is 10.7. The molecule has 0 amide bonds. The number of nitrogens with two attached hydrogens (primary N) is 1. The molecule has 38 heavy (non-hydrogen) atoms. The Hall–Kier alpha value is -2.45. The zero-order valence-electron chi connectivity index (χ0n) is 24.1. The van der Waals surface area contributed by atoms with Gasteiger partial charge in [0.05, 0.1) is 32.5 Å². The number of likely N-dealkylation sites (N-methyl/N-ethyl adjacent to an activating group) is 1. The monoisotopic (exact) mass is 524 g/mol. The predicted octanol–water partition coefficient (Wildman–Crippen LogP) is 4.24. The van der Waals surface area contributed by atoms with E-state index in [1.54, 1.807) is 0 Å². The van der Waals surface area contributed by atoms with Gasteiger partial charge in [-0.2, -0.15) is 0 Å². The zero-order chi connectivity index (χ0) is 27.5. The normalized spacial score (nSPS) is 17.1. The summed E-state index contributed by atoms with van der Waals surface area (Å²) >= 11 is 0. The highest BCUT2D eigenvalue weighted by Gasteiger charge is 2.21. The Morgan fingerprint density at radius 2 is 1.26 bits per heavy atom. The molecular weight excluding hydrogens is 476 g/mol. The maximum Gasteiger partial charge on any atom is 0.179 e. The molecule has 7 heteroatoms. The maximum absolute atomic E-state index is 12.2. The minimum absolute atomic E-state index is 0.0551. The quantitative estimate of drug-likeness (QED) is 0.492. The average molecular weight is 525 g/mol. The Labute approximate surface area is 229 Å². The summed E-state index contributed by atoms with van der Waals surface area (Å²) in [5, 5.41) is 0. The van der Waals surface area contributed by atoms with Gasteiger partial charge in [-0.1, -0.05) is 26.0 Å². The van der Waals surface area contributed by atoms with Gasteiger partial charge in [-0.05, 0) is 82.2 Å². The third kappa shape index (κ3) is 8.53. The number of carbonyl (C=O) groups is 1. The van der Waals surface area contributed by atoms with Crippen LogP contribution in [0.2, 0.25) is 0 Å². The van der Waals surface area contributed by atoms with E-state index in [0.29, 0.717) is 0 Å². The van der Waals surface area contributed by atoms with E-state index in [1.165, 1.54) is 11.3 Å². The lowest BCUT2D eigenvalue weighted by Gasteiger charge is -2.30. The summed E-state index contributed by atoms with van der Waals surface area (Å²) in [6.07, 6.45) is 3.01. The number of morpholine rings is 2. The van der Waals surface area contributed by atoms with Crippen LogP contribution in [0.1, 0.15) is 49.5 Å². The van der Waals surface area contributed by atoms with Gasteiger partial charge in [-0.3, -0.25) is 9.69 Å². The summed E-state index contributed by atoms with van der Waals surface area (Å²) < 4.78 is 10.7. The molecule has 2 aliphatic heterocycles. The van der Waals surface area contributed by atoms with Crippen molar-refractivity contribution in [2.75, 3.05) is 76.5 Å². The minimum Gasteiger partial charge on any atom is -0.378 e. The van der Waals surface area contributed by atoms with Crippen LogP contribution in [0.5, 0.6) is 0 Å². The second kappa shape index (κ2) is 14.6. The first-order valence-corrected chi connectivity index (χ1v) is 14.1. The van der Waals surface area contributed by atoms with Gasteiger partial charge in [-0.15, -0.1) is 0 Å². The van der Waals surface area contributed by atoms with Crippen LogP contribution in [0.4, 0.5) is 11.4 Å². The number of hydrogen-bond donors (Lipinski definition) is 1. The first kappa shape index (κ1) is 30.1. The van der Waals surface area contributed by atoms with E-state index >= 15 is 0 Å². The number of hydrogen-bond acceptors (Lipinski definition) is 7. The molecule has 2 N–H and O–H groups in total. The third-order valence-electron chi connectivity index (χ3n) is 7.96. The standard InChI is InChI=1S/C16H26N2O.C15H22N2O2/c1-3-16(17,4-2)13-14-5-7-15(8-6-14)18-9-11-19-12-10-18;1-12(16(2)3)15(18)13-4-6-14(7-5-13)17-8-10-19-11-9-17/h5-8H,3-4,9-13,17H2,1-2H3;4-7,12H,8-11H2,1-3H3. The second-order valence-electron chi connectivity index (χ2n) is 10.7. The van der Waals surface area contributed by atoms with Crippen molar-refractivity contribution < 1.29 is 14.3 Å². The molecule has 2 aromatic rings. The molecule has 2 saturated heterocycles. The van der Waals surface area contributed by atoms with Crippen LogP contribution in [0.3, 0.4) is 0 Å². The highest BCUT2D eigenvalue weighted by atomic mass is 16.5. The van der Waals surface area contributed by atoms with Crippen LogP contribution in [0.25, 0.3) is 0 Å². The number of anilines is 2. The molecule has 0 aliphatic carbocycles. The summed E-state index contributed by atoms with van der Waals surface area (Å²) in [5.74, 6) is 0.165. The molecule has 1 atom stereocenters. The number of ketones is 1. The fraction of sp³-hybridized carbons (Fsp3) is 0.581. The summed E-state index contributed by atoms with van der Waals surface area (Å²) in [7, 11) is 3.84. The number of carbonyl (C=O) groups excluding carboxylic acids is 1. The van der Waals surface area contributed by atoms with E-state index in [2.05, 4.69) is 47.9 Å². The number of nitrogens with zero attached hydrogens (tertiary/aromatic N) is 3. The lowest BCUT2D eigenvalue weighted by Crippen LogP contribution is -2.40. The van der Waals surface area contributed by atoms with Crippen LogP contribution in [0, 0.1) is 0 Å². The first-order chi connectivity index (χ1) is 18.3. The van der Waals surface area contributed by atoms with Crippen molar-refractivity contribution in [3.63, 3.8) is 0 Å². The highest BCUT2D eigenvalue weighted by Crippen LogP contribution is 2.22. The Kier molecular flexibility index (Phi) is 11.6. The van der Waals surface area contributed by atoms with Crippen LogP contribution >= 0.6 is 0 Å². The Morgan fingerprint density at radius 1 is 0.842 bits per heavy atom. The molecule has 2 heterocycles. The molecule has 0 radical (unpaired) electrons. The SMILES string of the molecule is CC(C(=O)c1ccc(N2CCOCC2)cc1)N(C)C.CCC(N)(CC)Cc1ccc(N2CCOCC2)cc1. The van der Waals surface area contributed by atoms with Gasteiger partial charge in [0.15, 0.2) is 5.78 Å². The summed E-state index contributed by atoms with van der Waals surface area (Å²) in [6.45, 7) is 13.3.